The van der Waals surface area contributed by atoms with Crippen LogP contribution < -0.4 is 19.5 Å². The molecule has 0 fully saturated rings. The number of carbonyl (C=O) groups excluding carboxylic acids is 1. The summed E-state index contributed by atoms with van der Waals surface area (Å²) >= 11 is 0. The van der Waals surface area contributed by atoms with E-state index in [0.717, 1.165) is 55.7 Å². The third kappa shape index (κ3) is 7.81. The summed E-state index contributed by atoms with van der Waals surface area (Å²) in [6.07, 6.45) is 4.72. The van der Waals surface area contributed by atoms with Crippen molar-refractivity contribution in [3.8, 4) is 17.2 Å². The summed E-state index contributed by atoms with van der Waals surface area (Å²) in [6.45, 7) is 8.65. The topological polar surface area (TPSA) is 74.6 Å². The van der Waals surface area contributed by atoms with E-state index in [1.54, 1.807) is 32.4 Å². The second-order valence-electron chi connectivity index (χ2n) is 10.7. The zero-order valence-electron chi connectivity index (χ0n) is 25.0. The van der Waals surface area contributed by atoms with Crippen LogP contribution >= 0.6 is 0 Å². The number of unbranched alkanes of at least 4 members (excludes halogenated alkanes) is 2. The van der Waals surface area contributed by atoms with Crippen LogP contribution in [0.1, 0.15) is 72.8 Å². The SMILES string of the molecule is COc1ccc(C(=O)NCCCCCc2nc3ccccc3n2CCCOc2cc(C)ccc2C(C)C)cc1OC. The first-order valence-corrected chi connectivity index (χ1v) is 14.6. The first-order valence-electron chi connectivity index (χ1n) is 14.6. The minimum Gasteiger partial charge on any atom is -0.493 e. The monoisotopic (exact) mass is 557 g/mol. The number of carbonyl (C=O) groups is 1. The van der Waals surface area contributed by atoms with Gasteiger partial charge in [0.2, 0.25) is 0 Å². The number of fused-ring (bicyclic) bond motifs is 1. The van der Waals surface area contributed by atoms with Crippen molar-refractivity contribution in [2.45, 2.75) is 65.3 Å². The largest absolute Gasteiger partial charge is 0.493 e. The van der Waals surface area contributed by atoms with Crippen molar-refractivity contribution in [1.29, 1.82) is 0 Å². The van der Waals surface area contributed by atoms with Crippen LogP contribution in [-0.4, -0.2) is 42.8 Å². The molecule has 7 nitrogen and oxygen atoms in total. The lowest BCUT2D eigenvalue weighted by atomic mass is 10.0. The van der Waals surface area contributed by atoms with Gasteiger partial charge in [0.15, 0.2) is 11.5 Å². The number of methoxy groups -OCH3 is 2. The maximum atomic E-state index is 12.6. The number of nitrogens with one attached hydrogen (secondary N) is 1. The van der Waals surface area contributed by atoms with Gasteiger partial charge in [0, 0.05) is 25.1 Å². The molecule has 1 aromatic heterocycles. The zero-order chi connectivity index (χ0) is 29.2. The van der Waals surface area contributed by atoms with Gasteiger partial charge in [-0.25, -0.2) is 4.98 Å². The number of hydrogen-bond donors (Lipinski definition) is 1. The van der Waals surface area contributed by atoms with Crippen molar-refractivity contribution in [1.82, 2.24) is 14.9 Å². The quantitative estimate of drug-likeness (QED) is 0.158. The number of hydrogen-bond acceptors (Lipinski definition) is 5. The minimum atomic E-state index is -0.110. The van der Waals surface area contributed by atoms with Crippen LogP contribution in [0, 0.1) is 6.92 Å². The lowest BCUT2D eigenvalue weighted by Gasteiger charge is -2.15. The molecular weight excluding hydrogens is 514 g/mol. The lowest BCUT2D eigenvalue weighted by molar-refractivity contribution is 0.0952. The van der Waals surface area contributed by atoms with Crippen LogP contribution in [0.15, 0.2) is 60.7 Å². The summed E-state index contributed by atoms with van der Waals surface area (Å²) in [4.78, 5) is 17.5. The van der Waals surface area contributed by atoms with Crippen molar-refractivity contribution < 1.29 is 19.0 Å². The van der Waals surface area contributed by atoms with Gasteiger partial charge in [-0.15, -0.1) is 0 Å². The Bertz CT molecular complexity index is 1440. The molecule has 0 aliphatic carbocycles. The number of amides is 1. The summed E-state index contributed by atoms with van der Waals surface area (Å²) < 4.78 is 19.2. The van der Waals surface area contributed by atoms with Crippen molar-refractivity contribution in [2.24, 2.45) is 0 Å². The third-order valence-electron chi connectivity index (χ3n) is 7.32. The van der Waals surface area contributed by atoms with Gasteiger partial charge < -0.3 is 24.1 Å². The molecule has 7 heteroatoms. The van der Waals surface area contributed by atoms with Crippen LogP contribution in [0.4, 0.5) is 0 Å². The van der Waals surface area contributed by atoms with Gasteiger partial charge in [0.1, 0.15) is 11.6 Å². The van der Waals surface area contributed by atoms with Gasteiger partial charge in [0.25, 0.3) is 5.91 Å². The summed E-state index contributed by atoms with van der Waals surface area (Å²) in [7, 11) is 3.14. The summed E-state index contributed by atoms with van der Waals surface area (Å²) in [5, 5.41) is 3.01. The van der Waals surface area contributed by atoms with Crippen molar-refractivity contribution in [2.75, 3.05) is 27.4 Å². The van der Waals surface area contributed by atoms with E-state index in [1.165, 1.54) is 16.6 Å². The Morgan fingerprint density at radius 2 is 1.71 bits per heavy atom. The number of nitrogens with zero attached hydrogens (tertiary/aromatic N) is 2. The predicted octanol–water partition coefficient (Wildman–Crippen LogP) is 7.10. The number of aromatic nitrogens is 2. The van der Waals surface area contributed by atoms with Crippen LogP contribution in [0.2, 0.25) is 0 Å². The van der Waals surface area contributed by atoms with Crippen LogP contribution in [-0.2, 0) is 13.0 Å². The van der Waals surface area contributed by atoms with E-state index in [1.807, 2.05) is 6.07 Å². The Labute approximate surface area is 243 Å². The number of imidazole rings is 1. The third-order valence-corrected chi connectivity index (χ3v) is 7.32. The molecular formula is C34H43N3O4. The standard InChI is InChI=1S/C34H43N3O4/c1-24(2)27-17-15-25(3)22-31(27)41-21-11-20-37-29-13-9-8-12-28(29)36-33(37)14-7-6-10-19-35-34(38)26-16-18-30(39-4)32(23-26)40-5/h8-9,12-13,15-18,22-24H,6-7,10-11,14,19-21H2,1-5H3,(H,35,38). The smallest absolute Gasteiger partial charge is 0.251 e. The second kappa shape index (κ2) is 14.6. The Morgan fingerprint density at radius 3 is 2.49 bits per heavy atom. The van der Waals surface area contributed by atoms with Crippen molar-refractivity contribution >= 4 is 16.9 Å². The Kier molecular flexibility index (Phi) is 10.7. The van der Waals surface area contributed by atoms with E-state index >= 15 is 0 Å². The highest BCUT2D eigenvalue weighted by molar-refractivity contribution is 5.94. The molecule has 1 N–H and O–H groups in total. The van der Waals surface area contributed by atoms with Gasteiger partial charge in [0.05, 0.1) is 31.9 Å². The predicted molar refractivity (Wildman–Crippen MR) is 165 cm³/mol. The van der Waals surface area contributed by atoms with Crippen LogP contribution in [0.3, 0.4) is 0 Å². The zero-order valence-corrected chi connectivity index (χ0v) is 25.0. The maximum Gasteiger partial charge on any atom is 0.251 e. The highest BCUT2D eigenvalue weighted by Crippen LogP contribution is 2.28. The average Bonchev–Trinajstić information content (AvgIpc) is 3.33. The number of para-hydroxylation sites is 2. The number of ether oxygens (including phenoxy) is 3. The highest BCUT2D eigenvalue weighted by Gasteiger charge is 2.13. The molecule has 0 aliphatic heterocycles. The number of benzene rings is 3. The molecule has 1 amide bonds. The fourth-order valence-corrected chi connectivity index (χ4v) is 5.08. The second-order valence-corrected chi connectivity index (χ2v) is 10.7. The van der Waals surface area contributed by atoms with E-state index in [2.05, 4.69) is 67.1 Å². The van der Waals surface area contributed by atoms with E-state index < -0.39 is 0 Å². The van der Waals surface area contributed by atoms with Gasteiger partial charge >= 0.3 is 0 Å². The molecule has 0 saturated heterocycles. The fourth-order valence-electron chi connectivity index (χ4n) is 5.08. The molecule has 0 aliphatic rings. The molecule has 0 saturated carbocycles. The summed E-state index contributed by atoms with van der Waals surface area (Å²) in [5.41, 5.74) is 5.23. The van der Waals surface area contributed by atoms with Crippen LogP contribution in [0.5, 0.6) is 17.2 Å². The molecule has 0 unspecified atom stereocenters. The molecule has 218 valence electrons. The van der Waals surface area contributed by atoms with E-state index in [4.69, 9.17) is 19.2 Å². The Morgan fingerprint density at radius 1 is 0.902 bits per heavy atom. The van der Waals surface area contributed by atoms with Gasteiger partial charge in [-0.2, -0.15) is 0 Å². The molecule has 0 radical (unpaired) electrons. The molecule has 0 bridgehead atoms. The van der Waals surface area contributed by atoms with E-state index in [0.29, 0.717) is 36.1 Å². The van der Waals surface area contributed by atoms with Crippen molar-refractivity contribution in [3.63, 3.8) is 0 Å². The highest BCUT2D eigenvalue weighted by atomic mass is 16.5. The van der Waals surface area contributed by atoms with Crippen LogP contribution in [0.25, 0.3) is 11.0 Å². The molecule has 0 spiro atoms. The molecule has 4 rings (SSSR count). The fraction of sp³-hybridized carbons (Fsp3) is 0.412. The molecule has 0 atom stereocenters. The average molecular weight is 558 g/mol. The van der Waals surface area contributed by atoms with Gasteiger partial charge in [-0.05, 0) is 79.6 Å². The van der Waals surface area contributed by atoms with Gasteiger partial charge in [-0.1, -0.05) is 44.5 Å². The van der Waals surface area contributed by atoms with Crippen molar-refractivity contribution in [3.05, 3.63) is 83.2 Å². The first-order chi connectivity index (χ1) is 19.9. The maximum absolute atomic E-state index is 12.6. The Balaban J connectivity index is 1.27. The van der Waals surface area contributed by atoms with E-state index in [9.17, 15) is 4.79 Å². The Hall–Kier alpha value is -4.00. The van der Waals surface area contributed by atoms with E-state index in [-0.39, 0.29) is 5.91 Å². The number of rotatable bonds is 15. The first kappa shape index (κ1) is 30.0. The number of aryl methyl sites for hydroxylation is 3. The molecule has 41 heavy (non-hydrogen) atoms. The summed E-state index contributed by atoms with van der Waals surface area (Å²) in [5.74, 6) is 3.57. The lowest BCUT2D eigenvalue weighted by Crippen LogP contribution is -2.24. The minimum absolute atomic E-state index is 0.110. The molecule has 1 heterocycles. The molecule has 4 aromatic rings. The summed E-state index contributed by atoms with van der Waals surface area (Å²) in [6, 6.07) is 20.0. The molecule has 3 aromatic carbocycles. The normalized spacial score (nSPS) is 11.2. The van der Waals surface area contributed by atoms with Gasteiger partial charge in [-0.3, -0.25) is 4.79 Å².